The van der Waals surface area contributed by atoms with E-state index in [9.17, 15) is 4.79 Å². The first-order valence-electron chi connectivity index (χ1n) is 8.35. The molecule has 0 fully saturated rings. The maximum Gasteiger partial charge on any atom is 0.227 e. The van der Waals surface area contributed by atoms with Gasteiger partial charge in [-0.15, -0.1) is 0 Å². The zero-order valence-corrected chi connectivity index (χ0v) is 16.4. The standard InChI is InChI=1S/C19H18ClN3O3S/c1-3-4-17(24)23-19(27)21-12-6-8-16-14(10-12)22-18(26-16)11-5-7-15(25-2)13(20)9-11/h5-10H,3-4H2,1-2H3,(H2,21,23,24,27). The number of nitrogens with zero attached hydrogens (tertiary/aromatic N) is 1. The highest BCUT2D eigenvalue weighted by Crippen LogP contribution is 2.32. The van der Waals surface area contributed by atoms with Crippen LogP contribution in [0.15, 0.2) is 40.8 Å². The lowest BCUT2D eigenvalue weighted by Crippen LogP contribution is -2.33. The minimum atomic E-state index is -0.115. The number of methoxy groups -OCH3 is 1. The lowest BCUT2D eigenvalue weighted by atomic mass is 10.2. The quantitative estimate of drug-likeness (QED) is 0.597. The topological polar surface area (TPSA) is 76.4 Å². The van der Waals surface area contributed by atoms with Gasteiger partial charge in [0.05, 0.1) is 12.1 Å². The van der Waals surface area contributed by atoms with Gasteiger partial charge in [-0.3, -0.25) is 4.79 Å². The molecular weight excluding hydrogens is 386 g/mol. The Bertz CT molecular complexity index is 1000. The number of nitrogens with one attached hydrogen (secondary N) is 2. The minimum Gasteiger partial charge on any atom is -0.495 e. The number of carbonyl (C=O) groups excluding carboxylic acids is 1. The van der Waals surface area contributed by atoms with Crippen LogP contribution in [-0.4, -0.2) is 23.1 Å². The van der Waals surface area contributed by atoms with Crippen molar-refractivity contribution < 1.29 is 13.9 Å². The molecule has 2 aromatic carbocycles. The fourth-order valence-corrected chi connectivity index (χ4v) is 3.00. The zero-order valence-electron chi connectivity index (χ0n) is 14.8. The van der Waals surface area contributed by atoms with E-state index in [1.54, 1.807) is 37.4 Å². The van der Waals surface area contributed by atoms with E-state index in [-0.39, 0.29) is 11.0 Å². The number of hydrogen-bond acceptors (Lipinski definition) is 5. The fraction of sp³-hybridized carbons (Fsp3) is 0.211. The van der Waals surface area contributed by atoms with Crippen LogP contribution >= 0.6 is 23.8 Å². The number of amides is 1. The summed E-state index contributed by atoms with van der Waals surface area (Å²) in [6.45, 7) is 1.93. The number of oxazole rings is 1. The molecule has 0 aliphatic carbocycles. The molecule has 0 spiro atoms. The van der Waals surface area contributed by atoms with Gasteiger partial charge in [0.15, 0.2) is 10.7 Å². The molecule has 1 heterocycles. The number of anilines is 1. The highest BCUT2D eigenvalue weighted by molar-refractivity contribution is 7.80. The molecule has 2 N–H and O–H groups in total. The van der Waals surface area contributed by atoms with Crippen LogP contribution < -0.4 is 15.4 Å². The van der Waals surface area contributed by atoms with Crippen molar-refractivity contribution in [2.75, 3.05) is 12.4 Å². The molecule has 3 aromatic rings. The smallest absolute Gasteiger partial charge is 0.227 e. The minimum absolute atomic E-state index is 0.115. The SMILES string of the molecule is CCCC(=O)NC(=S)Nc1ccc2oc(-c3ccc(OC)c(Cl)c3)nc2c1. The third kappa shape index (κ3) is 4.56. The first kappa shape index (κ1) is 19.1. The van der Waals surface area contributed by atoms with Crippen LogP contribution in [0.2, 0.25) is 5.02 Å². The molecule has 0 atom stereocenters. The van der Waals surface area contributed by atoms with E-state index in [0.717, 1.165) is 12.0 Å². The van der Waals surface area contributed by atoms with Crippen molar-refractivity contribution in [3.63, 3.8) is 0 Å². The Kier molecular flexibility index (Phi) is 5.93. The Morgan fingerprint density at radius 2 is 2.11 bits per heavy atom. The number of aromatic nitrogens is 1. The van der Waals surface area contributed by atoms with Crippen molar-refractivity contribution >= 4 is 51.6 Å². The molecule has 8 heteroatoms. The molecule has 6 nitrogen and oxygen atoms in total. The third-order valence-electron chi connectivity index (χ3n) is 3.77. The van der Waals surface area contributed by atoms with Gasteiger partial charge in [-0.2, -0.15) is 0 Å². The van der Waals surface area contributed by atoms with Crippen LogP contribution in [0.4, 0.5) is 5.69 Å². The molecular formula is C19H18ClN3O3S. The van der Waals surface area contributed by atoms with Crippen LogP contribution in [0.25, 0.3) is 22.6 Å². The van der Waals surface area contributed by atoms with E-state index < -0.39 is 0 Å². The summed E-state index contributed by atoms with van der Waals surface area (Å²) in [5.74, 6) is 0.920. The molecule has 0 aliphatic rings. The van der Waals surface area contributed by atoms with Crippen LogP contribution in [0, 0.1) is 0 Å². The highest BCUT2D eigenvalue weighted by atomic mass is 35.5. The Balaban J connectivity index is 1.79. The Labute approximate surface area is 166 Å². The van der Waals surface area contributed by atoms with Gasteiger partial charge in [-0.05, 0) is 55.0 Å². The summed E-state index contributed by atoms with van der Waals surface area (Å²) in [4.78, 5) is 16.1. The van der Waals surface area contributed by atoms with Crippen LogP contribution in [-0.2, 0) is 4.79 Å². The number of halogens is 1. The van der Waals surface area contributed by atoms with Gasteiger partial charge in [0.1, 0.15) is 11.3 Å². The third-order valence-corrected chi connectivity index (χ3v) is 4.27. The molecule has 0 radical (unpaired) electrons. The number of fused-ring (bicyclic) bond motifs is 1. The lowest BCUT2D eigenvalue weighted by Gasteiger charge is -2.08. The second kappa shape index (κ2) is 8.37. The molecule has 27 heavy (non-hydrogen) atoms. The van der Waals surface area contributed by atoms with Gasteiger partial charge < -0.3 is 19.8 Å². The highest BCUT2D eigenvalue weighted by Gasteiger charge is 2.12. The normalized spacial score (nSPS) is 10.6. The molecule has 3 rings (SSSR count). The number of benzene rings is 2. The molecule has 0 unspecified atom stereocenters. The summed E-state index contributed by atoms with van der Waals surface area (Å²) in [5, 5.41) is 6.34. The molecule has 0 saturated heterocycles. The molecule has 1 amide bonds. The summed E-state index contributed by atoms with van der Waals surface area (Å²) in [7, 11) is 1.56. The second-order valence-corrected chi connectivity index (χ2v) is 6.62. The van der Waals surface area contributed by atoms with E-state index in [1.165, 1.54) is 0 Å². The van der Waals surface area contributed by atoms with Gasteiger partial charge in [-0.1, -0.05) is 18.5 Å². The predicted octanol–water partition coefficient (Wildman–Crippen LogP) is 4.77. The van der Waals surface area contributed by atoms with E-state index >= 15 is 0 Å². The Morgan fingerprint density at radius 3 is 2.81 bits per heavy atom. The molecule has 140 valence electrons. The van der Waals surface area contributed by atoms with Gasteiger partial charge >= 0.3 is 0 Å². The maximum atomic E-state index is 11.6. The van der Waals surface area contributed by atoms with Crippen molar-refractivity contribution in [2.24, 2.45) is 0 Å². The summed E-state index contributed by atoms with van der Waals surface area (Å²) in [6, 6.07) is 10.7. The molecule has 0 saturated carbocycles. The zero-order chi connectivity index (χ0) is 19.4. The van der Waals surface area contributed by atoms with Gasteiger partial charge in [0.2, 0.25) is 11.8 Å². The van der Waals surface area contributed by atoms with Crippen LogP contribution in [0.3, 0.4) is 0 Å². The van der Waals surface area contributed by atoms with E-state index in [0.29, 0.717) is 39.9 Å². The number of ether oxygens (including phenoxy) is 1. The molecule has 0 bridgehead atoms. The molecule has 1 aromatic heterocycles. The molecule has 0 aliphatic heterocycles. The van der Waals surface area contributed by atoms with Crippen molar-refractivity contribution in [1.29, 1.82) is 0 Å². The summed E-state index contributed by atoms with van der Waals surface area (Å²) < 4.78 is 11.0. The van der Waals surface area contributed by atoms with Gasteiger partial charge in [0.25, 0.3) is 0 Å². The summed E-state index contributed by atoms with van der Waals surface area (Å²) >= 11 is 11.3. The first-order chi connectivity index (χ1) is 13.0. The van der Waals surface area contributed by atoms with Crippen molar-refractivity contribution in [1.82, 2.24) is 10.3 Å². The number of thiocarbonyl (C=S) groups is 1. The van der Waals surface area contributed by atoms with Crippen LogP contribution in [0.1, 0.15) is 19.8 Å². The average Bonchev–Trinajstić information content (AvgIpc) is 3.05. The summed E-state index contributed by atoms with van der Waals surface area (Å²) in [5.41, 5.74) is 2.74. The van der Waals surface area contributed by atoms with Crippen molar-refractivity contribution in [3.05, 3.63) is 41.4 Å². The van der Waals surface area contributed by atoms with Gasteiger partial charge in [-0.25, -0.2) is 4.98 Å². The monoisotopic (exact) mass is 403 g/mol. The Hall–Kier alpha value is -2.64. The summed E-state index contributed by atoms with van der Waals surface area (Å²) in [6.07, 6.45) is 1.19. The van der Waals surface area contributed by atoms with Gasteiger partial charge in [0, 0.05) is 17.7 Å². The first-order valence-corrected chi connectivity index (χ1v) is 9.14. The van der Waals surface area contributed by atoms with E-state index in [4.69, 9.17) is 33.0 Å². The average molecular weight is 404 g/mol. The van der Waals surface area contributed by atoms with Crippen molar-refractivity contribution in [3.8, 4) is 17.2 Å². The van der Waals surface area contributed by atoms with Crippen LogP contribution in [0.5, 0.6) is 5.75 Å². The fourth-order valence-electron chi connectivity index (χ4n) is 2.51. The number of rotatable bonds is 5. The predicted molar refractivity (Wildman–Crippen MR) is 110 cm³/mol. The van der Waals surface area contributed by atoms with E-state index in [1.807, 2.05) is 13.0 Å². The number of carbonyl (C=O) groups is 1. The van der Waals surface area contributed by atoms with E-state index in [2.05, 4.69) is 15.6 Å². The maximum absolute atomic E-state index is 11.6. The second-order valence-electron chi connectivity index (χ2n) is 5.80. The largest absolute Gasteiger partial charge is 0.495 e. The Morgan fingerprint density at radius 1 is 1.30 bits per heavy atom. The van der Waals surface area contributed by atoms with Crippen molar-refractivity contribution in [2.45, 2.75) is 19.8 Å². The lowest BCUT2D eigenvalue weighted by molar-refractivity contribution is -0.119. The number of hydrogen-bond donors (Lipinski definition) is 2.